The third-order valence-electron chi connectivity index (χ3n) is 3.31. The number of halogens is 3. The molecule has 0 fully saturated rings. The van der Waals surface area contributed by atoms with Crippen molar-refractivity contribution in [1.82, 2.24) is 0 Å². The first-order valence-corrected chi connectivity index (χ1v) is 7.50. The van der Waals surface area contributed by atoms with E-state index in [2.05, 4.69) is 0 Å². The zero-order valence-corrected chi connectivity index (χ0v) is 13.2. The lowest BCUT2D eigenvalue weighted by molar-refractivity contribution is 0.171. The van der Waals surface area contributed by atoms with Gasteiger partial charge in [0, 0.05) is 11.1 Å². The molecule has 0 saturated carbocycles. The highest BCUT2D eigenvalue weighted by Gasteiger charge is 2.21. The van der Waals surface area contributed by atoms with Gasteiger partial charge in [-0.05, 0) is 23.3 Å². The third-order valence-corrected chi connectivity index (χ3v) is 4.47. The van der Waals surface area contributed by atoms with Gasteiger partial charge in [-0.3, -0.25) is 0 Å². The van der Waals surface area contributed by atoms with Crippen molar-refractivity contribution < 1.29 is 9.47 Å². The molecule has 0 amide bonds. The number of ether oxygens (including phenoxy) is 2. The van der Waals surface area contributed by atoms with Gasteiger partial charge in [0.2, 0.25) is 0 Å². The minimum atomic E-state index is -0.500. The normalized spacial score (nSPS) is 14.9. The molecule has 1 unspecified atom stereocenters. The largest absolute Gasteiger partial charge is 0.486 e. The van der Waals surface area contributed by atoms with Crippen molar-refractivity contribution in [2.45, 2.75) is 6.04 Å². The van der Waals surface area contributed by atoms with E-state index in [0.717, 1.165) is 0 Å². The fraction of sp³-hybridized carbons (Fsp3) is 0.200. The van der Waals surface area contributed by atoms with Gasteiger partial charge in [-0.15, -0.1) is 0 Å². The maximum atomic E-state index is 6.31. The summed E-state index contributed by atoms with van der Waals surface area (Å²) in [5.74, 6) is 1.26. The van der Waals surface area contributed by atoms with Crippen molar-refractivity contribution in [2.75, 3.05) is 13.2 Å². The molecule has 0 aliphatic carbocycles. The average molecular weight is 345 g/mol. The van der Waals surface area contributed by atoms with Crippen molar-refractivity contribution in [3.05, 3.63) is 56.5 Å². The quantitative estimate of drug-likeness (QED) is 0.874. The number of fused-ring (bicyclic) bond motifs is 1. The van der Waals surface area contributed by atoms with E-state index in [1.807, 2.05) is 6.07 Å². The number of hydrogen-bond donors (Lipinski definition) is 1. The summed E-state index contributed by atoms with van der Waals surface area (Å²) in [5.41, 5.74) is 7.72. The van der Waals surface area contributed by atoms with Crippen LogP contribution in [0.25, 0.3) is 0 Å². The first-order valence-electron chi connectivity index (χ1n) is 6.36. The van der Waals surface area contributed by atoms with Gasteiger partial charge in [-0.1, -0.05) is 46.9 Å². The van der Waals surface area contributed by atoms with Crippen LogP contribution in [0, 0.1) is 0 Å². The maximum Gasteiger partial charge on any atom is 0.162 e. The van der Waals surface area contributed by atoms with Crippen LogP contribution in [0.1, 0.15) is 17.2 Å². The lowest BCUT2D eigenvalue weighted by Gasteiger charge is -2.22. The van der Waals surface area contributed by atoms with Gasteiger partial charge in [-0.2, -0.15) is 0 Å². The molecule has 1 aliphatic rings. The molecule has 0 bridgehead atoms. The first kappa shape index (κ1) is 14.8. The van der Waals surface area contributed by atoms with Crippen molar-refractivity contribution in [1.29, 1.82) is 0 Å². The van der Waals surface area contributed by atoms with Crippen LogP contribution in [0.3, 0.4) is 0 Å². The van der Waals surface area contributed by atoms with Gasteiger partial charge in [0.1, 0.15) is 13.2 Å². The Bertz CT molecular complexity index is 691. The molecule has 0 aromatic heterocycles. The van der Waals surface area contributed by atoms with E-state index < -0.39 is 6.04 Å². The number of benzene rings is 2. The lowest BCUT2D eigenvalue weighted by atomic mass is 9.99. The third kappa shape index (κ3) is 2.79. The average Bonchev–Trinajstić information content (AvgIpc) is 2.48. The maximum absolute atomic E-state index is 6.31. The molecule has 1 atom stereocenters. The molecule has 110 valence electrons. The van der Waals surface area contributed by atoms with Gasteiger partial charge >= 0.3 is 0 Å². The van der Waals surface area contributed by atoms with Crippen LogP contribution in [0.5, 0.6) is 11.5 Å². The predicted molar refractivity (Wildman–Crippen MR) is 84.9 cm³/mol. The topological polar surface area (TPSA) is 44.5 Å². The standard InChI is InChI=1S/C15H12Cl3NO2/c16-10-3-1-2-8(14(10)18)15(19)9-6-12-13(7-11(9)17)21-5-4-20-12/h1-3,6-7,15H,4-5,19H2. The highest BCUT2D eigenvalue weighted by atomic mass is 35.5. The van der Waals surface area contributed by atoms with E-state index in [1.165, 1.54) is 0 Å². The molecule has 0 radical (unpaired) electrons. The molecule has 0 saturated heterocycles. The summed E-state index contributed by atoms with van der Waals surface area (Å²) in [7, 11) is 0. The summed E-state index contributed by atoms with van der Waals surface area (Å²) in [5, 5.41) is 1.39. The Kier molecular flexibility index (Phi) is 4.18. The Morgan fingerprint density at radius 1 is 0.905 bits per heavy atom. The fourth-order valence-electron chi connectivity index (χ4n) is 2.25. The summed E-state index contributed by atoms with van der Waals surface area (Å²) in [6, 6.07) is 8.34. The minimum absolute atomic E-state index is 0.428. The Morgan fingerprint density at radius 3 is 2.29 bits per heavy atom. The van der Waals surface area contributed by atoms with E-state index in [4.69, 9.17) is 50.0 Å². The van der Waals surface area contributed by atoms with Gasteiger partial charge in [0.15, 0.2) is 11.5 Å². The van der Waals surface area contributed by atoms with Crippen LogP contribution in [0.4, 0.5) is 0 Å². The van der Waals surface area contributed by atoms with Crippen molar-refractivity contribution >= 4 is 34.8 Å². The molecule has 2 aromatic rings. The number of nitrogens with two attached hydrogens (primary N) is 1. The molecule has 1 heterocycles. The first-order chi connectivity index (χ1) is 10.1. The zero-order valence-electron chi connectivity index (χ0n) is 10.9. The molecule has 21 heavy (non-hydrogen) atoms. The van der Waals surface area contributed by atoms with Gasteiger partial charge in [0.05, 0.1) is 16.1 Å². The SMILES string of the molecule is NC(c1cc2c(cc1Cl)OCCO2)c1cccc(Cl)c1Cl. The second kappa shape index (κ2) is 5.93. The lowest BCUT2D eigenvalue weighted by Crippen LogP contribution is -2.18. The summed E-state index contributed by atoms with van der Waals surface area (Å²) >= 11 is 18.6. The second-order valence-corrected chi connectivity index (χ2v) is 5.83. The highest BCUT2D eigenvalue weighted by Crippen LogP contribution is 2.40. The van der Waals surface area contributed by atoms with Crippen LogP contribution in [-0.2, 0) is 0 Å². The Balaban J connectivity index is 2.05. The number of rotatable bonds is 2. The zero-order chi connectivity index (χ0) is 15.0. The summed E-state index contributed by atoms with van der Waals surface area (Å²) in [6.45, 7) is 1.01. The summed E-state index contributed by atoms with van der Waals surface area (Å²) < 4.78 is 11.1. The monoisotopic (exact) mass is 343 g/mol. The number of hydrogen-bond acceptors (Lipinski definition) is 3. The smallest absolute Gasteiger partial charge is 0.162 e. The molecule has 6 heteroatoms. The van der Waals surface area contributed by atoms with Crippen LogP contribution in [0.2, 0.25) is 15.1 Å². The molecule has 2 N–H and O–H groups in total. The molecule has 1 aliphatic heterocycles. The van der Waals surface area contributed by atoms with Gasteiger partial charge < -0.3 is 15.2 Å². The van der Waals surface area contributed by atoms with E-state index in [0.29, 0.717) is 50.9 Å². The molecule has 0 spiro atoms. The van der Waals surface area contributed by atoms with Crippen LogP contribution < -0.4 is 15.2 Å². The molecule has 3 rings (SSSR count). The van der Waals surface area contributed by atoms with E-state index in [-0.39, 0.29) is 0 Å². The molecule has 3 nitrogen and oxygen atoms in total. The Morgan fingerprint density at radius 2 is 1.57 bits per heavy atom. The van der Waals surface area contributed by atoms with Crippen molar-refractivity contribution in [3.63, 3.8) is 0 Å². The van der Waals surface area contributed by atoms with Crippen LogP contribution in [-0.4, -0.2) is 13.2 Å². The predicted octanol–water partition coefficient (Wildman–Crippen LogP) is 4.47. The molecular weight excluding hydrogens is 333 g/mol. The van der Waals surface area contributed by atoms with E-state index in [1.54, 1.807) is 24.3 Å². The fourth-order valence-corrected chi connectivity index (χ4v) is 2.94. The Labute approximate surface area is 137 Å². The molecule has 2 aromatic carbocycles. The highest BCUT2D eigenvalue weighted by molar-refractivity contribution is 6.42. The van der Waals surface area contributed by atoms with E-state index in [9.17, 15) is 0 Å². The van der Waals surface area contributed by atoms with Gasteiger partial charge in [0.25, 0.3) is 0 Å². The minimum Gasteiger partial charge on any atom is -0.486 e. The van der Waals surface area contributed by atoms with Crippen molar-refractivity contribution in [3.8, 4) is 11.5 Å². The van der Waals surface area contributed by atoms with Crippen molar-refractivity contribution in [2.24, 2.45) is 5.73 Å². The van der Waals surface area contributed by atoms with Crippen LogP contribution >= 0.6 is 34.8 Å². The van der Waals surface area contributed by atoms with Gasteiger partial charge in [-0.25, -0.2) is 0 Å². The summed E-state index contributed by atoms with van der Waals surface area (Å²) in [6.07, 6.45) is 0. The van der Waals surface area contributed by atoms with Crippen LogP contribution in [0.15, 0.2) is 30.3 Å². The Hall–Kier alpha value is -1.13. The summed E-state index contributed by atoms with van der Waals surface area (Å²) in [4.78, 5) is 0. The molecular formula is C15H12Cl3NO2. The van der Waals surface area contributed by atoms with E-state index >= 15 is 0 Å². The second-order valence-electron chi connectivity index (χ2n) is 4.64.